The molecule has 0 atom stereocenters. The first kappa shape index (κ1) is 37.4. The third-order valence-electron chi connectivity index (χ3n) is 15.5. The van der Waals surface area contributed by atoms with Crippen molar-refractivity contribution in [3.63, 3.8) is 0 Å². The Morgan fingerprint density at radius 2 is 0.836 bits per heavy atom. The predicted octanol–water partition coefficient (Wildman–Crippen LogP) is 17.7. The van der Waals surface area contributed by atoms with Gasteiger partial charge >= 0.3 is 0 Å². The summed E-state index contributed by atoms with van der Waals surface area (Å²) in [5, 5.41) is 18.3. The maximum atomic E-state index is 2.66. The van der Waals surface area contributed by atoms with Crippen LogP contribution in [-0.4, -0.2) is 13.4 Å². The summed E-state index contributed by atoms with van der Waals surface area (Å²) in [5.74, 6) is 0. The van der Waals surface area contributed by atoms with Crippen LogP contribution in [0.3, 0.4) is 0 Å². The van der Waals surface area contributed by atoms with E-state index in [0.717, 1.165) is 0 Å². The lowest BCUT2D eigenvalue weighted by molar-refractivity contribution is 0.591. The van der Waals surface area contributed by atoms with Crippen LogP contribution >= 0.6 is 0 Å². The first-order valence-corrected chi connectivity index (χ1v) is 23.8. The number of aromatic nitrogens is 3. The summed E-state index contributed by atoms with van der Waals surface area (Å²) >= 11 is 0. The van der Waals surface area contributed by atoms with Crippen LogP contribution in [0.1, 0.15) is 52.7 Å². The smallest absolute Gasteiger partial charge is 0.0626 e. The zero-order valence-corrected chi connectivity index (χ0v) is 38.6. The van der Waals surface area contributed by atoms with Gasteiger partial charge in [-0.2, -0.15) is 0 Å². The molecule has 0 aliphatic rings. The van der Waals surface area contributed by atoms with E-state index in [9.17, 15) is 0 Å². The Morgan fingerprint density at radius 3 is 1.54 bits per heavy atom. The first-order chi connectivity index (χ1) is 32.5. The maximum absolute atomic E-state index is 2.66. The van der Waals surface area contributed by atoms with Gasteiger partial charge in [0.05, 0.1) is 44.1 Å². The minimum Gasteiger partial charge on any atom is -0.309 e. The van der Waals surface area contributed by atoms with Crippen LogP contribution in [0.25, 0.3) is 136 Å². The van der Waals surface area contributed by atoms with E-state index in [2.05, 4.69) is 231 Å². The molecule has 0 amide bonds. The third-order valence-corrected chi connectivity index (χ3v) is 15.5. The summed E-state index contributed by atoms with van der Waals surface area (Å²) in [6, 6.07) is 67.0. The summed E-state index contributed by atoms with van der Waals surface area (Å²) in [6.45, 7) is 14.2. The molecule has 3 nitrogen and oxygen atoms in total. The molecule has 0 N–H and O–H groups in total. The van der Waals surface area contributed by atoms with E-state index >= 15 is 0 Å². The van der Waals surface area contributed by atoms with Gasteiger partial charge in [0.1, 0.15) is 0 Å². The lowest BCUT2D eigenvalue weighted by Crippen LogP contribution is -2.10. The van der Waals surface area contributed by atoms with Crippen LogP contribution in [0.2, 0.25) is 0 Å². The van der Waals surface area contributed by atoms with Gasteiger partial charge in [0.15, 0.2) is 0 Å². The van der Waals surface area contributed by atoms with Crippen LogP contribution in [0, 0.1) is 0 Å². The summed E-state index contributed by atoms with van der Waals surface area (Å²) in [6.07, 6.45) is 0. The molecule has 5 aromatic heterocycles. The number of hydrogen-bond donors (Lipinski definition) is 0. The Labute approximate surface area is 387 Å². The minimum absolute atomic E-state index is 0.0397. The van der Waals surface area contributed by atoms with Gasteiger partial charge < -0.3 is 13.4 Å². The van der Waals surface area contributed by atoms with Crippen molar-refractivity contribution in [2.45, 2.75) is 52.4 Å². The van der Waals surface area contributed by atoms with Crippen LogP contribution < -0.4 is 0 Å². The number of hydrogen-bond acceptors (Lipinski definition) is 0. The van der Waals surface area contributed by atoms with Crippen molar-refractivity contribution in [2.24, 2.45) is 0 Å². The summed E-state index contributed by atoms with van der Waals surface area (Å²) in [4.78, 5) is 0. The molecule has 15 rings (SSSR count). The van der Waals surface area contributed by atoms with Crippen molar-refractivity contribution in [3.8, 4) is 16.8 Å². The first-order valence-electron chi connectivity index (χ1n) is 23.8. The number of para-hydroxylation sites is 2. The average molecular weight is 858 g/mol. The normalized spacial score (nSPS) is 13.2. The van der Waals surface area contributed by atoms with E-state index in [1.165, 1.54) is 147 Å². The molecule has 3 heteroatoms. The summed E-state index contributed by atoms with van der Waals surface area (Å²) in [7, 11) is 0. The van der Waals surface area contributed by atoms with Gasteiger partial charge in [-0.05, 0) is 134 Å². The van der Waals surface area contributed by atoms with E-state index in [1.807, 2.05) is 0 Å². The van der Waals surface area contributed by atoms with E-state index < -0.39 is 0 Å². The molecule has 0 radical (unpaired) electrons. The molecule has 0 saturated heterocycles. The van der Waals surface area contributed by atoms with Crippen molar-refractivity contribution in [1.29, 1.82) is 0 Å². The molecule has 0 aliphatic heterocycles. The molecule has 318 valence electrons. The van der Waals surface area contributed by atoms with Crippen molar-refractivity contribution in [1.82, 2.24) is 13.4 Å². The topological polar surface area (TPSA) is 13.8 Å². The standard InChI is InChI=1S/C64H47N3/c1-63(2,3)40-32-48-47-28-36-16-10-11-17-37(36)31-56(47)66-54-26-27-55-59(58(54)50(34-40)60(48)66)51-35-41(64(4,5)6)33-49-57-43-21-13-12-18-38(43)29-45(62(57)67(55)61(49)51)39-24-25-53-46(30-39)44-22-14-15-23-52(44)65(53)42-19-8-7-9-20-42/h7-35H,1-6H3. The SMILES string of the molecule is CC(C)(C)c1cc2c3cc4ccccc4cc3n3c4ccc5c(c6cc(C(C)(C)C)cc7c8c9ccccc9cc(-c9ccc%10c(c9)c9ccccc9n%10-c9ccccc9)c8n5c67)c4c(c1)c23. The van der Waals surface area contributed by atoms with E-state index in [4.69, 9.17) is 0 Å². The Balaban J connectivity index is 1.14. The average Bonchev–Trinajstić information content (AvgIpc) is 4.12. The molecule has 10 aromatic carbocycles. The zero-order valence-electron chi connectivity index (χ0n) is 38.6. The van der Waals surface area contributed by atoms with Gasteiger partial charge in [0, 0.05) is 65.1 Å². The molecule has 0 aliphatic carbocycles. The van der Waals surface area contributed by atoms with E-state index in [0.29, 0.717) is 0 Å². The lowest BCUT2D eigenvalue weighted by atomic mass is 9.84. The van der Waals surface area contributed by atoms with Crippen molar-refractivity contribution >= 4 is 120 Å². The second-order valence-corrected chi connectivity index (χ2v) is 21.4. The van der Waals surface area contributed by atoms with Gasteiger partial charge in [-0.25, -0.2) is 0 Å². The van der Waals surface area contributed by atoms with Gasteiger partial charge in [-0.3, -0.25) is 0 Å². The number of rotatable bonds is 2. The number of benzene rings is 10. The largest absolute Gasteiger partial charge is 0.309 e. The lowest BCUT2D eigenvalue weighted by Gasteiger charge is -2.20. The minimum atomic E-state index is -0.0762. The van der Waals surface area contributed by atoms with Crippen LogP contribution in [0.15, 0.2) is 176 Å². The highest BCUT2D eigenvalue weighted by molar-refractivity contribution is 6.38. The van der Waals surface area contributed by atoms with Crippen molar-refractivity contribution in [2.75, 3.05) is 0 Å². The van der Waals surface area contributed by atoms with Crippen LogP contribution in [-0.2, 0) is 10.8 Å². The van der Waals surface area contributed by atoms with Crippen LogP contribution in [0.5, 0.6) is 0 Å². The molecule has 15 aromatic rings. The fourth-order valence-corrected chi connectivity index (χ4v) is 12.3. The molecule has 0 fully saturated rings. The van der Waals surface area contributed by atoms with Gasteiger partial charge in [0.25, 0.3) is 0 Å². The Morgan fingerprint density at radius 1 is 0.313 bits per heavy atom. The fraction of sp³-hybridized carbons (Fsp3) is 0.125. The maximum Gasteiger partial charge on any atom is 0.0626 e. The molecular formula is C64H47N3. The second-order valence-electron chi connectivity index (χ2n) is 21.4. The Hall–Kier alpha value is -7.88. The molecular weight excluding hydrogens is 811 g/mol. The molecule has 67 heavy (non-hydrogen) atoms. The molecule has 0 saturated carbocycles. The highest BCUT2D eigenvalue weighted by Crippen LogP contribution is 2.52. The fourth-order valence-electron chi connectivity index (χ4n) is 12.3. The highest BCUT2D eigenvalue weighted by Gasteiger charge is 2.30. The third kappa shape index (κ3) is 4.81. The predicted molar refractivity (Wildman–Crippen MR) is 288 cm³/mol. The number of nitrogens with zero attached hydrogens (tertiary/aromatic N) is 3. The molecule has 0 unspecified atom stereocenters. The Bertz CT molecular complexity index is 4620. The van der Waals surface area contributed by atoms with Crippen molar-refractivity contribution < 1.29 is 0 Å². The van der Waals surface area contributed by atoms with E-state index in [-0.39, 0.29) is 10.8 Å². The molecule has 0 spiro atoms. The van der Waals surface area contributed by atoms with Crippen molar-refractivity contribution in [3.05, 3.63) is 187 Å². The quantitative estimate of drug-likeness (QED) is 0.164. The highest BCUT2D eigenvalue weighted by atomic mass is 15.0. The summed E-state index contributed by atoms with van der Waals surface area (Å²) < 4.78 is 7.66. The molecule has 5 heterocycles. The van der Waals surface area contributed by atoms with Gasteiger partial charge in [-0.15, -0.1) is 0 Å². The van der Waals surface area contributed by atoms with Gasteiger partial charge in [0.2, 0.25) is 0 Å². The molecule has 0 bridgehead atoms. The van der Waals surface area contributed by atoms with E-state index in [1.54, 1.807) is 0 Å². The summed E-state index contributed by atoms with van der Waals surface area (Å²) in [5.41, 5.74) is 16.4. The number of fused-ring (bicyclic) bond motifs is 19. The zero-order chi connectivity index (χ0) is 44.8. The Kier molecular flexibility index (Phi) is 6.97. The van der Waals surface area contributed by atoms with Crippen LogP contribution in [0.4, 0.5) is 0 Å². The second kappa shape index (κ2) is 12.5. The monoisotopic (exact) mass is 857 g/mol. The van der Waals surface area contributed by atoms with Gasteiger partial charge in [-0.1, -0.05) is 133 Å².